The lowest BCUT2D eigenvalue weighted by Gasteiger charge is -2.14. The van der Waals surface area contributed by atoms with Crippen molar-refractivity contribution in [1.82, 2.24) is 14.1 Å². The molecule has 0 aliphatic heterocycles. The maximum atomic E-state index is 5.80. The molecule has 0 fully saturated rings. The Hall–Kier alpha value is -3.53. The number of fused-ring (bicyclic) bond motifs is 1. The molecule has 0 saturated carbocycles. The molecule has 4 heteroatoms. The third kappa shape index (κ3) is 2.88. The number of imidazole rings is 1. The summed E-state index contributed by atoms with van der Waals surface area (Å²) in [5.41, 5.74) is 6.71. The van der Waals surface area contributed by atoms with Crippen LogP contribution >= 0.6 is 0 Å². The van der Waals surface area contributed by atoms with Crippen molar-refractivity contribution in [3.63, 3.8) is 0 Å². The molecule has 4 nitrogen and oxygen atoms in total. The van der Waals surface area contributed by atoms with Gasteiger partial charge in [0.2, 0.25) is 0 Å². The Labute approximate surface area is 170 Å². The van der Waals surface area contributed by atoms with E-state index in [-0.39, 0.29) is 0 Å². The second-order valence-electron chi connectivity index (χ2n) is 7.27. The maximum Gasteiger partial charge on any atom is 0.157 e. The number of nitrogens with zero attached hydrogens (tertiary/aromatic N) is 3. The summed E-state index contributed by atoms with van der Waals surface area (Å²) in [6.45, 7) is 2.21. The van der Waals surface area contributed by atoms with Crippen LogP contribution in [-0.2, 0) is 13.5 Å². The van der Waals surface area contributed by atoms with Gasteiger partial charge in [0.05, 0.1) is 23.0 Å². The fourth-order valence-corrected chi connectivity index (χ4v) is 4.09. The average molecular weight is 381 g/mol. The molecule has 144 valence electrons. The van der Waals surface area contributed by atoms with Gasteiger partial charge in [-0.1, -0.05) is 43.7 Å². The van der Waals surface area contributed by atoms with E-state index in [2.05, 4.69) is 77.7 Å². The number of benzene rings is 2. The Morgan fingerprint density at radius 2 is 1.72 bits per heavy atom. The van der Waals surface area contributed by atoms with Crippen LogP contribution in [0.1, 0.15) is 19.0 Å². The molecule has 0 unspecified atom stereocenters. The van der Waals surface area contributed by atoms with Crippen molar-refractivity contribution >= 4 is 11.0 Å². The molecule has 0 atom stereocenters. The SMILES string of the molecule is CCCc1c(-c2ccco2)cc(-c2nc3ccccc3n2C)n1-c1ccccc1. The molecule has 3 heterocycles. The third-order valence-electron chi connectivity index (χ3n) is 5.41. The third-order valence-corrected chi connectivity index (χ3v) is 5.41. The Morgan fingerprint density at radius 1 is 0.931 bits per heavy atom. The first-order valence-corrected chi connectivity index (χ1v) is 10.0. The van der Waals surface area contributed by atoms with Gasteiger partial charge in [-0.05, 0) is 48.9 Å². The maximum absolute atomic E-state index is 5.80. The predicted octanol–water partition coefficient (Wildman–Crippen LogP) is 6.24. The summed E-state index contributed by atoms with van der Waals surface area (Å²) in [5, 5.41) is 0. The molecule has 0 spiro atoms. The van der Waals surface area contributed by atoms with Crippen molar-refractivity contribution in [1.29, 1.82) is 0 Å². The van der Waals surface area contributed by atoms with E-state index in [1.807, 2.05) is 18.2 Å². The van der Waals surface area contributed by atoms with Crippen LogP contribution in [0.5, 0.6) is 0 Å². The van der Waals surface area contributed by atoms with Gasteiger partial charge >= 0.3 is 0 Å². The number of hydrogen-bond acceptors (Lipinski definition) is 2. The number of hydrogen-bond donors (Lipinski definition) is 0. The molecular weight excluding hydrogens is 358 g/mol. The highest BCUT2D eigenvalue weighted by Gasteiger charge is 2.22. The van der Waals surface area contributed by atoms with Crippen molar-refractivity contribution < 1.29 is 4.42 Å². The number of rotatable bonds is 5. The Kier molecular flexibility index (Phi) is 4.32. The van der Waals surface area contributed by atoms with Gasteiger partial charge in [-0.2, -0.15) is 0 Å². The van der Waals surface area contributed by atoms with E-state index in [1.165, 1.54) is 5.69 Å². The quantitative estimate of drug-likeness (QED) is 0.361. The van der Waals surface area contributed by atoms with Crippen LogP contribution in [0.4, 0.5) is 0 Å². The van der Waals surface area contributed by atoms with Crippen molar-refractivity contribution in [3.05, 3.63) is 84.8 Å². The summed E-state index contributed by atoms with van der Waals surface area (Å²) in [6, 6.07) is 25.0. The van der Waals surface area contributed by atoms with E-state index in [9.17, 15) is 0 Å². The van der Waals surface area contributed by atoms with Gasteiger partial charge in [-0.15, -0.1) is 0 Å². The number of aromatic nitrogens is 3. The van der Waals surface area contributed by atoms with Gasteiger partial charge in [0.15, 0.2) is 5.82 Å². The predicted molar refractivity (Wildman–Crippen MR) is 117 cm³/mol. The highest BCUT2D eigenvalue weighted by Crippen LogP contribution is 2.36. The molecule has 0 aliphatic carbocycles. The minimum atomic E-state index is 0.892. The van der Waals surface area contributed by atoms with E-state index in [0.29, 0.717) is 0 Å². The molecule has 0 saturated heterocycles. The zero-order chi connectivity index (χ0) is 19.8. The molecule has 0 radical (unpaired) electrons. The minimum absolute atomic E-state index is 0.892. The van der Waals surface area contributed by atoms with Gasteiger partial charge < -0.3 is 13.6 Å². The van der Waals surface area contributed by atoms with Crippen LogP contribution in [0.3, 0.4) is 0 Å². The highest BCUT2D eigenvalue weighted by atomic mass is 16.3. The molecule has 0 amide bonds. The van der Waals surface area contributed by atoms with Crippen LogP contribution in [-0.4, -0.2) is 14.1 Å². The lowest BCUT2D eigenvalue weighted by Crippen LogP contribution is -2.05. The van der Waals surface area contributed by atoms with E-state index >= 15 is 0 Å². The first kappa shape index (κ1) is 17.6. The van der Waals surface area contributed by atoms with Crippen molar-refractivity contribution in [2.24, 2.45) is 7.05 Å². The standard InChI is InChI=1S/C25H23N3O/c1-3-10-21-19(24-15-9-16-29-24)17-23(28(21)18-11-5-4-6-12-18)25-26-20-13-7-8-14-22(20)27(25)2/h4-9,11-17H,3,10H2,1-2H3. The fraction of sp³-hybridized carbons (Fsp3) is 0.160. The summed E-state index contributed by atoms with van der Waals surface area (Å²) in [4.78, 5) is 4.98. The van der Waals surface area contributed by atoms with Crippen LogP contribution in [0.15, 0.2) is 83.5 Å². The van der Waals surface area contributed by atoms with Gasteiger partial charge in [0, 0.05) is 24.0 Å². The van der Waals surface area contributed by atoms with Crippen LogP contribution in [0.2, 0.25) is 0 Å². The first-order chi connectivity index (χ1) is 14.3. The highest BCUT2D eigenvalue weighted by molar-refractivity contribution is 5.82. The summed E-state index contributed by atoms with van der Waals surface area (Å²) in [5.74, 6) is 1.84. The molecule has 3 aromatic heterocycles. The summed E-state index contributed by atoms with van der Waals surface area (Å²) in [7, 11) is 2.08. The van der Waals surface area contributed by atoms with E-state index in [1.54, 1.807) is 6.26 Å². The van der Waals surface area contributed by atoms with Crippen molar-refractivity contribution in [2.75, 3.05) is 0 Å². The Morgan fingerprint density at radius 3 is 2.45 bits per heavy atom. The smallest absolute Gasteiger partial charge is 0.157 e. The summed E-state index contributed by atoms with van der Waals surface area (Å²) < 4.78 is 10.3. The monoisotopic (exact) mass is 381 g/mol. The number of furan rings is 1. The average Bonchev–Trinajstić information content (AvgIpc) is 3.47. The van der Waals surface area contributed by atoms with E-state index < -0.39 is 0 Å². The molecule has 0 bridgehead atoms. The second-order valence-corrected chi connectivity index (χ2v) is 7.27. The Balaban J connectivity index is 1.84. The molecule has 5 rings (SSSR count). The topological polar surface area (TPSA) is 35.9 Å². The van der Waals surface area contributed by atoms with Gasteiger partial charge in [0.1, 0.15) is 5.76 Å². The lowest BCUT2D eigenvalue weighted by molar-refractivity contribution is 0.581. The lowest BCUT2D eigenvalue weighted by atomic mass is 10.1. The Bertz CT molecular complexity index is 1260. The van der Waals surface area contributed by atoms with E-state index in [0.717, 1.165) is 52.4 Å². The van der Waals surface area contributed by atoms with Crippen molar-refractivity contribution in [2.45, 2.75) is 19.8 Å². The number of para-hydroxylation sites is 3. The molecule has 5 aromatic rings. The zero-order valence-corrected chi connectivity index (χ0v) is 16.7. The largest absolute Gasteiger partial charge is 0.464 e. The van der Waals surface area contributed by atoms with Gasteiger partial charge in [0.25, 0.3) is 0 Å². The minimum Gasteiger partial charge on any atom is -0.464 e. The molecule has 0 aliphatic rings. The molecule has 0 N–H and O–H groups in total. The second kappa shape index (κ2) is 7.13. The normalized spacial score (nSPS) is 11.4. The first-order valence-electron chi connectivity index (χ1n) is 10.0. The van der Waals surface area contributed by atoms with Crippen molar-refractivity contribution in [3.8, 4) is 28.5 Å². The molecule has 29 heavy (non-hydrogen) atoms. The number of aryl methyl sites for hydroxylation is 1. The molecule has 2 aromatic carbocycles. The van der Waals surface area contributed by atoms with Crippen LogP contribution < -0.4 is 0 Å². The van der Waals surface area contributed by atoms with Crippen LogP contribution in [0.25, 0.3) is 39.6 Å². The summed E-state index contributed by atoms with van der Waals surface area (Å²) >= 11 is 0. The van der Waals surface area contributed by atoms with Crippen LogP contribution in [0, 0.1) is 0 Å². The summed E-state index contributed by atoms with van der Waals surface area (Å²) in [6.07, 6.45) is 3.74. The zero-order valence-electron chi connectivity index (χ0n) is 16.7. The fourth-order valence-electron chi connectivity index (χ4n) is 4.09. The molecular formula is C25H23N3O. The van der Waals surface area contributed by atoms with E-state index in [4.69, 9.17) is 9.40 Å². The van der Waals surface area contributed by atoms with Gasteiger partial charge in [-0.25, -0.2) is 4.98 Å². The van der Waals surface area contributed by atoms with Gasteiger partial charge in [-0.3, -0.25) is 0 Å².